The maximum Gasteiger partial charge on any atom is 0.307 e. The molecule has 3 rings (SSSR count). The molecule has 0 unspecified atom stereocenters. The van der Waals surface area contributed by atoms with Gasteiger partial charge in [-0.2, -0.15) is 0 Å². The van der Waals surface area contributed by atoms with Gasteiger partial charge in [0.2, 0.25) is 0 Å². The van der Waals surface area contributed by atoms with Crippen LogP contribution in [0.2, 0.25) is 18.6 Å². The van der Waals surface area contributed by atoms with Crippen LogP contribution in [0.15, 0.2) is 54.6 Å². The van der Waals surface area contributed by atoms with Gasteiger partial charge < -0.3 is 14.8 Å². The Morgan fingerprint density at radius 3 is 2.25 bits per heavy atom. The molecule has 0 aromatic heterocycles. The Morgan fingerprint density at radius 1 is 1.04 bits per heavy atom. The summed E-state index contributed by atoms with van der Waals surface area (Å²) in [6.07, 6.45) is 0.404. The van der Waals surface area contributed by atoms with E-state index >= 15 is 0 Å². The van der Waals surface area contributed by atoms with Gasteiger partial charge in [0.15, 0.2) is 0 Å². The Balaban J connectivity index is 1.95. The molecule has 1 aliphatic rings. The van der Waals surface area contributed by atoms with Crippen LogP contribution >= 0.6 is 0 Å². The highest BCUT2D eigenvalue weighted by Crippen LogP contribution is 2.47. The molecule has 28 heavy (non-hydrogen) atoms. The van der Waals surface area contributed by atoms with Gasteiger partial charge in [-0.3, -0.25) is 4.79 Å². The van der Waals surface area contributed by atoms with E-state index in [9.17, 15) is 4.79 Å². The van der Waals surface area contributed by atoms with E-state index in [0.717, 1.165) is 5.75 Å². The third-order valence-electron chi connectivity index (χ3n) is 6.36. The minimum Gasteiger partial charge on any atom is -0.497 e. The molecule has 4 nitrogen and oxygen atoms in total. The Morgan fingerprint density at radius 2 is 1.68 bits per heavy atom. The third kappa shape index (κ3) is 4.01. The van der Waals surface area contributed by atoms with Crippen molar-refractivity contribution in [2.45, 2.75) is 44.1 Å². The van der Waals surface area contributed by atoms with Crippen LogP contribution in [0.4, 0.5) is 0 Å². The van der Waals surface area contributed by atoms with E-state index < -0.39 is 8.07 Å². The van der Waals surface area contributed by atoms with Crippen molar-refractivity contribution in [2.75, 3.05) is 14.2 Å². The summed E-state index contributed by atoms with van der Waals surface area (Å²) in [6, 6.07) is 19.4. The first kappa shape index (κ1) is 20.6. The van der Waals surface area contributed by atoms with E-state index in [4.69, 9.17) is 9.47 Å². The van der Waals surface area contributed by atoms with E-state index in [2.05, 4.69) is 67.8 Å². The Hall–Kier alpha value is -2.11. The van der Waals surface area contributed by atoms with E-state index in [1.165, 1.54) is 17.9 Å². The van der Waals surface area contributed by atoms with Gasteiger partial charge in [0.05, 0.1) is 28.7 Å². The third-order valence-corrected chi connectivity index (χ3v) is 10.8. The van der Waals surface area contributed by atoms with Crippen LogP contribution in [0, 0.1) is 5.92 Å². The number of hydrogen-bond acceptors (Lipinski definition) is 4. The molecule has 1 fully saturated rings. The second-order valence-corrected chi connectivity index (χ2v) is 13.0. The van der Waals surface area contributed by atoms with E-state index in [1.807, 2.05) is 12.1 Å². The number of carbonyl (C=O) groups is 1. The van der Waals surface area contributed by atoms with Gasteiger partial charge in [0.1, 0.15) is 5.75 Å². The average molecular weight is 398 g/mol. The zero-order chi connectivity index (χ0) is 20.3. The van der Waals surface area contributed by atoms with Gasteiger partial charge in [0, 0.05) is 12.1 Å². The highest BCUT2D eigenvalue weighted by molar-refractivity contribution is 6.91. The molecule has 1 N–H and O–H groups in total. The fourth-order valence-corrected chi connectivity index (χ4v) is 9.10. The van der Waals surface area contributed by atoms with Crippen LogP contribution in [0.25, 0.3) is 0 Å². The lowest BCUT2D eigenvalue weighted by Crippen LogP contribution is -2.51. The van der Waals surface area contributed by atoms with Crippen LogP contribution in [0.5, 0.6) is 5.75 Å². The fourth-order valence-electron chi connectivity index (χ4n) is 4.94. The maximum atomic E-state index is 12.1. The van der Waals surface area contributed by atoms with E-state index in [-0.39, 0.29) is 18.1 Å². The fraction of sp³-hybridized carbons (Fsp3) is 0.435. The van der Waals surface area contributed by atoms with Crippen molar-refractivity contribution in [3.8, 4) is 5.75 Å². The molecule has 0 spiro atoms. The Labute approximate surface area is 169 Å². The molecule has 2 aromatic rings. The number of esters is 1. The molecule has 0 aliphatic carbocycles. The summed E-state index contributed by atoms with van der Waals surface area (Å²) in [6.45, 7) is 7.17. The smallest absolute Gasteiger partial charge is 0.307 e. The number of rotatable bonds is 6. The number of carbonyl (C=O) groups excluding carboxylic acids is 1. The molecule has 1 heterocycles. The SMILES string of the molecule is COC(=O)C[C@H]1N[C@@H](c2ccc(OC)cc2)[C@@H](C)[C@@H]1[Si](C)(C)c1ccccc1. The summed E-state index contributed by atoms with van der Waals surface area (Å²) in [5.74, 6) is 1.11. The zero-order valence-electron chi connectivity index (χ0n) is 17.4. The second-order valence-electron chi connectivity index (χ2n) is 8.28. The van der Waals surface area contributed by atoms with E-state index in [0.29, 0.717) is 17.9 Å². The Kier molecular flexibility index (Phi) is 6.25. The van der Waals surface area contributed by atoms with E-state index in [1.54, 1.807) is 7.11 Å². The second kappa shape index (κ2) is 8.49. The number of benzene rings is 2. The van der Waals surface area contributed by atoms with Crippen molar-refractivity contribution in [2.24, 2.45) is 5.92 Å². The summed E-state index contributed by atoms with van der Waals surface area (Å²) in [7, 11) is 1.31. The molecule has 150 valence electrons. The van der Waals surface area contributed by atoms with Crippen LogP contribution in [0.3, 0.4) is 0 Å². The van der Waals surface area contributed by atoms with Gasteiger partial charge in [-0.15, -0.1) is 0 Å². The largest absolute Gasteiger partial charge is 0.497 e. The summed E-state index contributed by atoms with van der Waals surface area (Å²) < 4.78 is 10.3. The van der Waals surface area contributed by atoms with Gasteiger partial charge in [-0.05, 0) is 29.2 Å². The van der Waals surface area contributed by atoms with Crippen molar-refractivity contribution < 1.29 is 14.3 Å². The molecule has 0 radical (unpaired) electrons. The molecule has 4 atom stereocenters. The predicted molar refractivity (Wildman–Crippen MR) is 116 cm³/mol. The molecule has 2 aromatic carbocycles. The molecular weight excluding hydrogens is 366 g/mol. The highest BCUT2D eigenvalue weighted by atomic mass is 28.3. The van der Waals surface area contributed by atoms with Gasteiger partial charge in [0.25, 0.3) is 0 Å². The monoisotopic (exact) mass is 397 g/mol. The summed E-state index contributed by atoms with van der Waals surface area (Å²) in [4.78, 5) is 12.1. The summed E-state index contributed by atoms with van der Waals surface area (Å²) >= 11 is 0. The van der Waals surface area contributed by atoms with Gasteiger partial charge >= 0.3 is 5.97 Å². The van der Waals surface area contributed by atoms with Crippen molar-refractivity contribution >= 4 is 19.2 Å². The van der Waals surface area contributed by atoms with Crippen LogP contribution in [-0.2, 0) is 9.53 Å². The summed E-state index contributed by atoms with van der Waals surface area (Å²) in [5.41, 5.74) is 1.66. The minimum absolute atomic E-state index is 0.108. The minimum atomic E-state index is -1.84. The lowest BCUT2D eigenvalue weighted by molar-refractivity contribution is -0.141. The molecule has 0 bridgehead atoms. The standard InChI is InChI=1S/C23H31NO3Si/c1-16-22(17-11-13-18(26-2)14-12-17)24-20(15-21(25)27-3)23(16)28(4,5)19-9-7-6-8-10-19/h6-14,16,20,22-24H,15H2,1-5H3/t16-,20-,22-,23+/m1/s1. The van der Waals surface area contributed by atoms with Crippen molar-refractivity contribution in [3.63, 3.8) is 0 Å². The number of methoxy groups -OCH3 is 2. The van der Waals surface area contributed by atoms with Crippen LogP contribution in [0.1, 0.15) is 24.9 Å². The first-order valence-electron chi connectivity index (χ1n) is 9.90. The highest BCUT2D eigenvalue weighted by Gasteiger charge is 2.50. The lowest BCUT2D eigenvalue weighted by Gasteiger charge is -2.36. The van der Waals surface area contributed by atoms with Crippen LogP contribution in [-0.4, -0.2) is 34.3 Å². The normalized spacial score (nSPS) is 24.8. The van der Waals surface area contributed by atoms with Gasteiger partial charge in [-0.1, -0.05) is 67.7 Å². The average Bonchev–Trinajstić information content (AvgIpc) is 3.05. The molecule has 5 heteroatoms. The molecule has 0 saturated carbocycles. The predicted octanol–water partition coefficient (Wildman–Crippen LogP) is 3.89. The molecular formula is C23H31NO3Si. The zero-order valence-corrected chi connectivity index (χ0v) is 18.4. The topological polar surface area (TPSA) is 47.6 Å². The first-order valence-corrected chi connectivity index (χ1v) is 13.0. The molecule has 0 amide bonds. The lowest BCUT2D eigenvalue weighted by atomic mass is 9.94. The first-order chi connectivity index (χ1) is 13.4. The molecule has 1 aliphatic heterocycles. The quantitative estimate of drug-likeness (QED) is 0.593. The maximum absolute atomic E-state index is 12.1. The number of nitrogens with one attached hydrogen (secondary N) is 1. The molecule has 1 saturated heterocycles. The van der Waals surface area contributed by atoms with Crippen molar-refractivity contribution in [1.82, 2.24) is 5.32 Å². The summed E-state index contributed by atoms with van der Waals surface area (Å²) in [5, 5.41) is 5.21. The number of ether oxygens (including phenoxy) is 2. The van der Waals surface area contributed by atoms with Crippen molar-refractivity contribution in [1.29, 1.82) is 0 Å². The van der Waals surface area contributed by atoms with Crippen LogP contribution < -0.4 is 15.2 Å². The Bertz CT molecular complexity index is 791. The van der Waals surface area contributed by atoms with Gasteiger partial charge in [-0.25, -0.2) is 0 Å². The van der Waals surface area contributed by atoms with Crippen molar-refractivity contribution in [3.05, 3.63) is 60.2 Å². The number of hydrogen-bond donors (Lipinski definition) is 1.